The molecule has 3 fully saturated rings. The Bertz CT molecular complexity index is 1280. The lowest BCUT2D eigenvalue weighted by Gasteiger charge is -2.28. The number of imidazole rings is 1. The van der Waals surface area contributed by atoms with Crippen LogP contribution < -0.4 is 19.5 Å². The SMILES string of the molecule is COc1cc(-c2cnc3cc(O[C@H]4C[C@@H]5CC[C@@H](C5)C4)ccn23)cc(OC(F)F)c1C(=O)NC1CC1. The molecular formula is C27H29F2N3O4. The Balaban J connectivity index is 1.31. The van der Waals surface area contributed by atoms with Gasteiger partial charge in [-0.25, -0.2) is 4.98 Å². The van der Waals surface area contributed by atoms with E-state index in [1.165, 1.54) is 32.4 Å². The van der Waals surface area contributed by atoms with Gasteiger partial charge in [0.25, 0.3) is 5.91 Å². The number of hydrogen-bond acceptors (Lipinski definition) is 5. The van der Waals surface area contributed by atoms with Crippen LogP contribution in [0.4, 0.5) is 8.78 Å². The van der Waals surface area contributed by atoms with Crippen molar-refractivity contribution < 1.29 is 27.8 Å². The quantitative estimate of drug-likeness (QED) is 0.447. The summed E-state index contributed by atoms with van der Waals surface area (Å²) in [4.78, 5) is 17.3. The number of nitrogens with one attached hydrogen (secondary N) is 1. The zero-order valence-corrected chi connectivity index (χ0v) is 20.1. The number of halogens is 2. The summed E-state index contributed by atoms with van der Waals surface area (Å²) in [5.74, 6) is 1.77. The van der Waals surface area contributed by atoms with Gasteiger partial charge in [0.15, 0.2) is 0 Å². The first-order valence-corrected chi connectivity index (χ1v) is 12.6. The van der Waals surface area contributed by atoms with Crippen LogP contribution in [-0.4, -0.2) is 41.2 Å². The van der Waals surface area contributed by atoms with Crippen LogP contribution in [0.15, 0.2) is 36.7 Å². The highest BCUT2D eigenvalue weighted by molar-refractivity contribution is 6.01. The number of alkyl halides is 2. The molecule has 7 nitrogen and oxygen atoms in total. The number of benzene rings is 1. The summed E-state index contributed by atoms with van der Waals surface area (Å²) in [6.45, 7) is -3.09. The van der Waals surface area contributed by atoms with E-state index < -0.39 is 12.5 Å². The Morgan fingerprint density at radius 2 is 1.83 bits per heavy atom. The topological polar surface area (TPSA) is 74.1 Å². The number of fused-ring (bicyclic) bond motifs is 3. The minimum Gasteiger partial charge on any atom is -0.496 e. The third-order valence-electron chi connectivity index (χ3n) is 7.57. The van der Waals surface area contributed by atoms with Crippen LogP contribution in [-0.2, 0) is 0 Å². The maximum atomic E-state index is 13.3. The maximum absolute atomic E-state index is 13.3. The van der Waals surface area contributed by atoms with Gasteiger partial charge in [0, 0.05) is 23.9 Å². The highest BCUT2D eigenvalue weighted by Gasteiger charge is 2.35. The van der Waals surface area contributed by atoms with Crippen molar-refractivity contribution in [3.8, 4) is 28.5 Å². The molecule has 9 heteroatoms. The smallest absolute Gasteiger partial charge is 0.387 e. The van der Waals surface area contributed by atoms with Crippen LogP contribution in [0.25, 0.3) is 16.9 Å². The van der Waals surface area contributed by atoms with Crippen molar-refractivity contribution >= 4 is 11.6 Å². The minimum absolute atomic E-state index is 0.0422. The molecule has 3 atom stereocenters. The van der Waals surface area contributed by atoms with E-state index in [4.69, 9.17) is 14.2 Å². The van der Waals surface area contributed by atoms with Gasteiger partial charge in [0.1, 0.15) is 28.5 Å². The van der Waals surface area contributed by atoms with Crippen molar-refractivity contribution in [3.05, 3.63) is 42.2 Å². The normalized spacial score (nSPS) is 23.2. The highest BCUT2D eigenvalue weighted by atomic mass is 19.3. The largest absolute Gasteiger partial charge is 0.496 e. The van der Waals surface area contributed by atoms with Gasteiger partial charge in [-0.3, -0.25) is 9.20 Å². The molecule has 1 aromatic carbocycles. The van der Waals surface area contributed by atoms with Gasteiger partial charge in [0.2, 0.25) is 0 Å². The van der Waals surface area contributed by atoms with Gasteiger partial charge in [-0.2, -0.15) is 8.78 Å². The average Bonchev–Trinajstić information content (AvgIpc) is 3.46. The molecule has 2 bridgehead atoms. The Morgan fingerprint density at radius 3 is 2.53 bits per heavy atom. The summed E-state index contributed by atoms with van der Waals surface area (Å²) in [7, 11) is 1.40. The van der Waals surface area contributed by atoms with E-state index in [-0.39, 0.29) is 29.2 Å². The number of methoxy groups -OCH3 is 1. The van der Waals surface area contributed by atoms with Crippen LogP contribution in [0.5, 0.6) is 17.2 Å². The van der Waals surface area contributed by atoms with Crippen molar-refractivity contribution in [1.29, 1.82) is 0 Å². The molecule has 3 aliphatic carbocycles. The van der Waals surface area contributed by atoms with E-state index in [0.717, 1.165) is 43.3 Å². The minimum atomic E-state index is -3.09. The van der Waals surface area contributed by atoms with E-state index in [1.54, 1.807) is 12.3 Å². The third kappa shape index (κ3) is 4.58. The fraction of sp³-hybridized carbons (Fsp3) is 0.481. The van der Waals surface area contributed by atoms with Crippen molar-refractivity contribution in [2.45, 2.75) is 63.7 Å². The van der Waals surface area contributed by atoms with Crippen LogP contribution >= 0.6 is 0 Å². The van der Waals surface area contributed by atoms with Crippen LogP contribution in [0.3, 0.4) is 0 Å². The summed E-state index contributed by atoms with van der Waals surface area (Å²) in [6, 6.07) is 6.93. The first kappa shape index (κ1) is 23.1. The molecule has 0 radical (unpaired) electrons. The molecule has 3 aliphatic rings. The van der Waals surface area contributed by atoms with Crippen molar-refractivity contribution in [3.63, 3.8) is 0 Å². The number of hydrogen-bond donors (Lipinski definition) is 1. The molecule has 3 saturated carbocycles. The molecule has 1 N–H and O–H groups in total. The molecule has 3 aromatic rings. The number of amides is 1. The Labute approximate surface area is 207 Å². The van der Waals surface area contributed by atoms with Gasteiger partial charge in [-0.15, -0.1) is 0 Å². The van der Waals surface area contributed by atoms with E-state index in [0.29, 0.717) is 16.9 Å². The lowest BCUT2D eigenvalue weighted by Crippen LogP contribution is -2.26. The van der Waals surface area contributed by atoms with Crippen LogP contribution in [0.1, 0.15) is 55.3 Å². The van der Waals surface area contributed by atoms with Gasteiger partial charge in [-0.1, -0.05) is 12.8 Å². The Morgan fingerprint density at radius 1 is 1.08 bits per heavy atom. The zero-order chi connectivity index (χ0) is 24.8. The zero-order valence-electron chi connectivity index (χ0n) is 20.1. The first-order chi connectivity index (χ1) is 17.5. The molecule has 0 aliphatic heterocycles. The van der Waals surface area contributed by atoms with Crippen molar-refractivity contribution in [1.82, 2.24) is 14.7 Å². The van der Waals surface area contributed by atoms with E-state index >= 15 is 0 Å². The van der Waals surface area contributed by atoms with Gasteiger partial charge >= 0.3 is 6.61 Å². The van der Waals surface area contributed by atoms with Crippen LogP contribution in [0, 0.1) is 11.8 Å². The molecular weight excluding hydrogens is 468 g/mol. The standard InChI is InChI=1S/C27H29F2N3O4/c1-34-22-11-17(12-23(36-27(28)29)25(22)26(33)31-18-4-5-18)21-14-30-24-13-19(6-7-32(21)24)35-20-9-15-2-3-16(8-15)10-20/h6-7,11-16,18,20,27H,2-5,8-10H2,1H3,(H,31,33)/t15-,16+,20+. The number of ether oxygens (including phenoxy) is 3. The number of carbonyl (C=O) groups is 1. The monoisotopic (exact) mass is 497 g/mol. The molecule has 0 saturated heterocycles. The molecule has 2 aromatic heterocycles. The second-order valence-electron chi connectivity index (χ2n) is 10.2. The fourth-order valence-electron chi connectivity index (χ4n) is 5.78. The van der Waals surface area contributed by atoms with Crippen LogP contribution in [0.2, 0.25) is 0 Å². The fourth-order valence-corrected chi connectivity index (χ4v) is 5.78. The summed E-state index contributed by atoms with van der Waals surface area (Å²) in [5.41, 5.74) is 1.82. The highest BCUT2D eigenvalue weighted by Crippen LogP contribution is 2.43. The molecule has 36 heavy (non-hydrogen) atoms. The van der Waals surface area contributed by atoms with Gasteiger partial charge in [-0.05, 0) is 62.1 Å². The van der Waals surface area contributed by atoms with Crippen molar-refractivity contribution in [2.75, 3.05) is 7.11 Å². The van der Waals surface area contributed by atoms with E-state index in [2.05, 4.69) is 10.3 Å². The lowest BCUT2D eigenvalue weighted by molar-refractivity contribution is -0.0502. The lowest BCUT2D eigenvalue weighted by atomic mass is 9.87. The summed E-state index contributed by atoms with van der Waals surface area (Å²) in [6.07, 6.45) is 11.7. The number of rotatable bonds is 8. The molecule has 0 spiro atoms. The third-order valence-corrected chi connectivity index (χ3v) is 7.57. The molecule has 1 amide bonds. The molecule has 190 valence electrons. The summed E-state index contributed by atoms with van der Waals surface area (Å²) in [5, 5.41) is 2.82. The molecule has 0 unspecified atom stereocenters. The number of aromatic nitrogens is 2. The number of nitrogens with zero attached hydrogens (tertiary/aromatic N) is 2. The van der Waals surface area contributed by atoms with E-state index in [1.807, 2.05) is 22.7 Å². The van der Waals surface area contributed by atoms with Crippen molar-refractivity contribution in [2.24, 2.45) is 11.8 Å². The van der Waals surface area contributed by atoms with E-state index in [9.17, 15) is 13.6 Å². The van der Waals surface area contributed by atoms with Gasteiger partial charge in [0.05, 0.1) is 25.1 Å². The first-order valence-electron chi connectivity index (χ1n) is 12.6. The second kappa shape index (κ2) is 9.26. The van der Waals surface area contributed by atoms with Gasteiger partial charge < -0.3 is 19.5 Å². The predicted molar refractivity (Wildman–Crippen MR) is 129 cm³/mol. The summed E-state index contributed by atoms with van der Waals surface area (Å²) < 4.78 is 44.9. The summed E-state index contributed by atoms with van der Waals surface area (Å²) >= 11 is 0. The predicted octanol–water partition coefficient (Wildman–Crippen LogP) is 5.46. The molecule has 2 heterocycles. The molecule has 6 rings (SSSR count). The average molecular weight is 498 g/mol. The maximum Gasteiger partial charge on any atom is 0.387 e. The Kier molecular flexibility index (Phi) is 5.93. The number of carbonyl (C=O) groups excluding carboxylic acids is 1. The number of pyridine rings is 1. The second-order valence-corrected chi connectivity index (χ2v) is 10.2. The Hall–Kier alpha value is -3.36.